The third kappa shape index (κ3) is 4.49. The molecule has 0 aliphatic heterocycles. The molecule has 1 aromatic heterocycles. The fourth-order valence-corrected chi connectivity index (χ4v) is 4.86. The van der Waals surface area contributed by atoms with Gasteiger partial charge in [0.2, 0.25) is 0 Å². The van der Waals surface area contributed by atoms with E-state index in [1.165, 1.54) is 41.8 Å². The lowest BCUT2D eigenvalue weighted by atomic mass is 10.1. The standard InChI is InChI=1S/C30H30N2O/c1-22(23-11-5-2-6-12-23)31-30(33)25-17-19-27(20-18-25)32-28-16-10-4-9-15-26(28)21-29(32)24-13-7-3-8-14-24/h2-3,5-8,11-14,17-22H,4,9-10,15-16H2,1H3,(H,31,33)/t22-/m0/s1. The van der Waals surface area contributed by atoms with Gasteiger partial charge in [-0.3, -0.25) is 4.79 Å². The Morgan fingerprint density at radius 1 is 0.818 bits per heavy atom. The van der Waals surface area contributed by atoms with E-state index in [-0.39, 0.29) is 11.9 Å². The minimum Gasteiger partial charge on any atom is -0.346 e. The number of amides is 1. The van der Waals surface area contributed by atoms with Crippen LogP contribution in [0.25, 0.3) is 16.9 Å². The second-order valence-corrected chi connectivity index (χ2v) is 8.92. The van der Waals surface area contributed by atoms with Gasteiger partial charge in [0.15, 0.2) is 0 Å². The molecule has 1 heterocycles. The van der Waals surface area contributed by atoms with Crippen LogP contribution in [-0.4, -0.2) is 10.5 Å². The van der Waals surface area contributed by atoms with Gasteiger partial charge in [-0.15, -0.1) is 0 Å². The number of carbonyl (C=O) groups excluding carboxylic acids is 1. The number of aromatic nitrogens is 1. The van der Waals surface area contributed by atoms with E-state index < -0.39 is 0 Å². The summed E-state index contributed by atoms with van der Waals surface area (Å²) in [4.78, 5) is 12.9. The van der Waals surface area contributed by atoms with Crippen LogP contribution in [0.1, 0.15) is 59.4 Å². The highest BCUT2D eigenvalue weighted by molar-refractivity contribution is 5.94. The van der Waals surface area contributed by atoms with Crippen LogP contribution in [0.3, 0.4) is 0 Å². The summed E-state index contributed by atoms with van der Waals surface area (Å²) in [5.41, 5.74) is 8.24. The molecular formula is C30H30N2O. The van der Waals surface area contributed by atoms with Gasteiger partial charge >= 0.3 is 0 Å². The molecule has 3 aromatic carbocycles. The van der Waals surface area contributed by atoms with Crippen molar-refractivity contribution in [3.8, 4) is 16.9 Å². The quantitative estimate of drug-likeness (QED) is 0.340. The Morgan fingerprint density at radius 3 is 2.21 bits per heavy atom. The summed E-state index contributed by atoms with van der Waals surface area (Å²) in [6.45, 7) is 2.02. The van der Waals surface area contributed by atoms with E-state index in [1.807, 2.05) is 49.4 Å². The monoisotopic (exact) mass is 434 g/mol. The maximum absolute atomic E-state index is 12.9. The maximum Gasteiger partial charge on any atom is 0.251 e. The zero-order chi connectivity index (χ0) is 22.6. The molecule has 3 heteroatoms. The Labute approximate surface area is 196 Å². The van der Waals surface area contributed by atoms with Crippen molar-refractivity contribution < 1.29 is 4.79 Å². The molecule has 0 unspecified atom stereocenters. The first-order valence-electron chi connectivity index (χ1n) is 12.0. The molecule has 1 aliphatic carbocycles. The molecule has 1 N–H and O–H groups in total. The largest absolute Gasteiger partial charge is 0.346 e. The minimum atomic E-state index is -0.0486. The molecule has 0 radical (unpaired) electrons. The summed E-state index contributed by atoms with van der Waals surface area (Å²) in [5.74, 6) is -0.0486. The van der Waals surface area contributed by atoms with Gasteiger partial charge < -0.3 is 9.88 Å². The number of nitrogens with zero attached hydrogens (tertiary/aromatic N) is 1. The molecule has 1 atom stereocenters. The normalized spacial score (nSPS) is 14.2. The van der Waals surface area contributed by atoms with E-state index in [2.05, 4.69) is 58.4 Å². The van der Waals surface area contributed by atoms with Crippen LogP contribution in [0.5, 0.6) is 0 Å². The third-order valence-electron chi connectivity index (χ3n) is 6.66. The van der Waals surface area contributed by atoms with Crippen molar-refractivity contribution in [1.82, 2.24) is 9.88 Å². The number of carbonyl (C=O) groups is 1. The summed E-state index contributed by atoms with van der Waals surface area (Å²) in [5, 5.41) is 3.12. The molecule has 4 aromatic rings. The van der Waals surface area contributed by atoms with Crippen LogP contribution in [0.2, 0.25) is 0 Å². The van der Waals surface area contributed by atoms with Crippen LogP contribution < -0.4 is 5.32 Å². The molecule has 1 aliphatic rings. The van der Waals surface area contributed by atoms with E-state index in [4.69, 9.17) is 0 Å². The van der Waals surface area contributed by atoms with Crippen LogP contribution in [0.4, 0.5) is 0 Å². The molecule has 0 bridgehead atoms. The Morgan fingerprint density at radius 2 is 1.48 bits per heavy atom. The molecule has 0 saturated carbocycles. The van der Waals surface area contributed by atoms with E-state index in [0.717, 1.165) is 24.1 Å². The predicted molar refractivity (Wildman–Crippen MR) is 135 cm³/mol. The van der Waals surface area contributed by atoms with E-state index in [0.29, 0.717) is 5.56 Å². The average molecular weight is 435 g/mol. The van der Waals surface area contributed by atoms with E-state index in [1.54, 1.807) is 0 Å². The fourth-order valence-electron chi connectivity index (χ4n) is 4.86. The fraction of sp³-hybridized carbons (Fsp3) is 0.233. The van der Waals surface area contributed by atoms with E-state index in [9.17, 15) is 4.79 Å². The number of hydrogen-bond donors (Lipinski definition) is 1. The predicted octanol–water partition coefficient (Wildman–Crippen LogP) is 6.90. The van der Waals surface area contributed by atoms with Gasteiger partial charge in [0.25, 0.3) is 5.91 Å². The Balaban J connectivity index is 1.45. The molecule has 166 valence electrons. The highest BCUT2D eigenvalue weighted by Crippen LogP contribution is 2.33. The minimum absolute atomic E-state index is 0.0386. The Kier molecular flexibility index (Phi) is 6.12. The lowest BCUT2D eigenvalue weighted by molar-refractivity contribution is 0.0940. The second-order valence-electron chi connectivity index (χ2n) is 8.92. The molecule has 0 saturated heterocycles. The summed E-state index contributed by atoms with van der Waals surface area (Å²) in [7, 11) is 0. The number of benzene rings is 3. The number of nitrogens with one attached hydrogen (secondary N) is 1. The lowest BCUT2D eigenvalue weighted by Gasteiger charge is -2.16. The van der Waals surface area contributed by atoms with Gasteiger partial charge in [-0.1, -0.05) is 67.1 Å². The smallest absolute Gasteiger partial charge is 0.251 e. The zero-order valence-corrected chi connectivity index (χ0v) is 19.1. The van der Waals surface area contributed by atoms with Gasteiger partial charge in [0.1, 0.15) is 0 Å². The highest BCUT2D eigenvalue weighted by atomic mass is 16.1. The van der Waals surface area contributed by atoms with Gasteiger partial charge in [-0.05, 0) is 79.6 Å². The summed E-state index contributed by atoms with van der Waals surface area (Å²) in [6, 6.07) is 31.1. The van der Waals surface area contributed by atoms with E-state index >= 15 is 0 Å². The number of aryl methyl sites for hydroxylation is 1. The first-order valence-corrected chi connectivity index (χ1v) is 12.0. The van der Waals surface area contributed by atoms with Crippen molar-refractivity contribution in [2.45, 2.75) is 45.1 Å². The van der Waals surface area contributed by atoms with Crippen molar-refractivity contribution in [2.24, 2.45) is 0 Å². The van der Waals surface area contributed by atoms with Crippen molar-refractivity contribution in [1.29, 1.82) is 0 Å². The van der Waals surface area contributed by atoms with Crippen LogP contribution in [0.15, 0.2) is 91.0 Å². The number of hydrogen-bond acceptors (Lipinski definition) is 1. The van der Waals surface area contributed by atoms with Gasteiger partial charge in [-0.25, -0.2) is 0 Å². The first-order chi connectivity index (χ1) is 16.2. The molecule has 1 amide bonds. The topological polar surface area (TPSA) is 34.0 Å². The molecule has 0 spiro atoms. The first kappa shape index (κ1) is 21.3. The molecule has 3 nitrogen and oxygen atoms in total. The Hall–Kier alpha value is -3.59. The van der Waals surface area contributed by atoms with Crippen molar-refractivity contribution in [3.63, 3.8) is 0 Å². The molecule has 0 fully saturated rings. The summed E-state index contributed by atoms with van der Waals surface area (Å²) < 4.78 is 2.41. The van der Waals surface area contributed by atoms with Crippen LogP contribution in [0, 0.1) is 0 Å². The molecule has 33 heavy (non-hydrogen) atoms. The van der Waals surface area contributed by atoms with Crippen molar-refractivity contribution in [2.75, 3.05) is 0 Å². The van der Waals surface area contributed by atoms with Crippen molar-refractivity contribution >= 4 is 5.91 Å². The second kappa shape index (κ2) is 9.50. The van der Waals surface area contributed by atoms with Crippen molar-refractivity contribution in [3.05, 3.63) is 113 Å². The zero-order valence-electron chi connectivity index (χ0n) is 19.1. The molecular weight excluding hydrogens is 404 g/mol. The highest BCUT2D eigenvalue weighted by Gasteiger charge is 2.20. The number of rotatable bonds is 5. The third-order valence-corrected chi connectivity index (χ3v) is 6.66. The SMILES string of the molecule is C[C@H](NC(=O)c1ccc(-n2c(-c3ccccc3)cc3c2CCCCC3)cc1)c1ccccc1. The maximum atomic E-state index is 12.9. The van der Waals surface area contributed by atoms with Gasteiger partial charge in [-0.2, -0.15) is 0 Å². The Bertz CT molecular complexity index is 1220. The lowest BCUT2D eigenvalue weighted by Crippen LogP contribution is -2.26. The van der Waals surface area contributed by atoms with Gasteiger partial charge in [0.05, 0.1) is 11.7 Å². The number of fused-ring (bicyclic) bond motifs is 1. The average Bonchev–Trinajstić information content (AvgIpc) is 3.07. The van der Waals surface area contributed by atoms with Crippen LogP contribution in [-0.2, 0) is 12.8 Å². The summed E-state index contributed by atoms with van der Waals surface area (Å²) >= 11 is 0. The molecule has 5 rings (SSSR count). The van der Waals surface area contributed by atoms with Gasteiger partial charge in [0, 0.05) is 16.9 Å². The van der Waals surface area contributed by atoms with Crippen LogP contribution >= 0.6 is 0 Å². The summed E-state index contributed by atoms with van der Waals surface area (Å²) in [6.07, 6.45) is 6.00.